The molecule has 4 nitrogen and oxygen atoms in total. The van der Waals surface area contributed by atoms with E-state index in [4.69, 9.17) is 4.42 Å². The molecular weight excluding hydrogens is 259 g/mol. The van der Waals surface area contributed by atoms with Crippen molar-refractivity contribution in [1.82, 2.24) is 0 Å². The smallest absolute Gasteiger partial charge is 0.464 e. The molecule has 1 aromatic carbocycles. The van der Waals surface area contributed by atoms with Crippen molar-refractivity contribution < 1.29 is 26.0 Å². The summed E-state index contributed by atoms with van der Waals surface area (Å²) in [6.45, 7) is 0. The lowest BCUT2D eigenvalue weighted by Crippen LogP contribution is -2.29. The van der Waals surface area contributed by atoms with Crippen LogP contribution in [0.15, 0.2) is 34.9 Å². The topological polar surface area (TPSA) is 59.3 Å². The molecular formula is C9H6F3NO3S. The number of anilines is 1. The first-order valence-corrected chi connectivity index (χ1v) is 5.85. The Hall–Kier alpha value is -1.70. The summed E-state index contributed by atoms with van der Waals surface area (Å²) < 4.78 is 64.8. The van der Waals surface area contributed by atoms with Gasteiger partial charge in [0.2, 0.25) is 0 Å². The summed E-state index contributed by atoms with van der Waals surface area (Å²) >= 11 is 0. The number of fused-ring (bicyclic) bond motifs is 1. The lowest BCUT2D eigenvalue weighted by atomic mass is 10.2. The normalized spacial score (nSPS) is 12.9. The Kier molecular flexibility index (Phi) is 2.53. The van der Waals surface area contributed by atoms with Crippen LogP contribution in [0.1, 0.15) is 0 Å². The van der Waals surface area contributed by atoms with Crippen molar-refractivity contribution in [2.45, 2.75) is 5.51 Å². The maximum atomic E-state index is 12.2. The molecule has 0 aliphatic carbocycles. The monoisotopic (exact) mass is 265 g/mol. The van der Waals surface area contributed by atoms with Crippen molar-refractivity contribution in [1.29, 1.82) is 0 Å². The average Bonchev–Trinajstić information content (AvgIpc) is 2.64. The molecule has 2 rings (SSSR count). The summed E-state index contributed by atoms with van der Waals surface area (Å²) in [5.74, 6) is 0. The minimum atomic E-state index is -5.41. The molecule has 0 radical (unpaired) electrons. The van der Waals surface area contributed by atoms with Crippen molar-refractivity contribution >= 4 is 26.7 Å². The summed E-state index contributed by atoms with van der Waals surface area (Å²) in [7, 11) is -5.41. The molecule has 8 heteroatoms. The van der Waals surface area contributed by atoms with Crippen LogP contribution >= 0.6 is 0 Å². The SMILES string of the molecule is O=S(=O)(Nc1cccc2occc12)C(F)(F)F. The fourth-order valence-corrected chi connectivity index (χ4v) is 1.87. The van der Waals surface area contributed by atoms with E-state index in [0.29, 0.717) is 5.58 Å². The summed E-state index contributed by atoms with van der Waals surface area (Å²) in [6.07, 6.45) is 1.26. The van der Waals surface area contributed by atoms with Crippen molar-refractivity contribution in [2.75, 3.05) is 4.72 Å². The number of halogens is 3. The highest BCUT2D eigenvalue weighted by Gasteiger charge is 2.46. The molecule has 0 aliphatic rings. The van der Waals surface area contributed by atoms with Gasteiger partial charge in [-0.3, -0.25) is 4.72 Å². The molecule has 1 heterocycles. The number of nitrogens with one attached hydrogen (secondary N) is 1. The Morgan fingerprint density at radius 1 is 1.18 bits per heavy atom. The van der Waals surface area contributed by atoms with Crippen LogP contribution in [-0.4, -0.2) is 13.9 Å². The largest absolute Gasteiger partial charge is 0.516 e. The summed E-state index contributed by atoms with van der Waals surface area (Å²) in [6, 6.07) is 5.51. The van der Waals surface area contributed by atoms with Crippen LogP contribution < -0.4 is 4.72 Å². The summed E-state index contributed by atoms with van der Waals surface area (Å²) in [5, 5.41) is 0.264. The molecule has 0 bridgehead atoms. The third-order valence-electron chi connectivity index (χ3n) is 2.04. The maximum Gasteiger partial charge on any atom is 0.516 e. The number of benzene rings is 1. The van der Waals surface area contributed by atoms with Crippen LogP contribution in [0.25, 0.3) is 11.0 Å². The molecule has 2 aromatic rings. The number of furan rings is 1. The zero-order valence-electron chi connectivity index (χ0n) is 8.15. The van der Waals surface area contributed by atoms with E-state index in [-0.39, 0.29) is 11.1 Å². The predicted molar refractivity (Wildman–Crippen MR) is 54.8 cm³/mol. The highest BCUT2D eigenvalue weighted by Crippen LogP contribution is 2.29. The lowest BCUT2D eigenvalue weighted by molar-refractivity contribution is -0.0429. The third-order valence-corrected chi connectivity index (χ3v) is 3.14. The minimum Gasteiger partial charge on any atom is -0.464 e. The van der Waals surface area contributed by atoms with E-state index in [0.717, 1.165) is 0 Å². The molecule has 0 saturated heterocycles. The molecule has 0 saturated carbocycles. The van der Waals surface area contributed by atoms with Gasteiger partial charge in [0.1, 0.15) is 5.58 Å². The van der Waals surface area contributed by atoms with Gasteiger partial charge in [-0.15, -0.1) is 0 Å². The quantitative estimate of drug-likeness (QED) is 0.908. The average molecular weight is 265 g/mol. The predicted octanol–water partition coefficient (Wildman–Crippen LogP) is 2.69. The highest BCUT2D eigenvalue weighted by molar-refractivity contribution is 7.93. The molecule has 1 N–H and O–H groups in total. The molecule has 0 fully saturated rings. The van der Waals surface area contributed by atoms with E-state index >= 15 is 0 Å². The fourth-order valence-electron chi connectivity index (χ4n) is 1.29. The van der Waals surface area contributed by atoms with Crippen LogP contribution in [0.2, 0.25) is 0 Å². The highest BCUT2D eigenvalue weighted by atomic mass is 32.2. The van der Waals surface area contributed by atoms with Gasteiger partial charge >= 0.3 is 15.5 Å². The first kappa shape index (κ1) is 11.8. The first-order chi connectivity index (χ1) is 7.81. The van der Waals surface area contributed by atoms with Crippen LogP contribution in [-0.2, 0) is 10.0 Å². The van der Waals surface area contributed by atoms with Gasteiger partial charge < -0.3 is 4.42 Å². The van der Waals surface area contributed by atoms with E-state index in [2.05, 4.69) is 0 Å². The Balaban J connectivity index is 2.47. The van der Waals surface area contributed by atoms with Gasteiger partial charge in [-0.2, -0.15) is 21.6 Å². The number of hydrogen-bond donors (Lipinski definition) is 1. The van der Waals surface area contributed by atoms with Crippen LogP contribution in [0.3, 0.4) is 0 Å². The molecule has 0 amide bonds. The van der Waals surface area contributed by atoms with E-state index in [1.807, 2.05) is 0 Å². The molecule has 1 aromatic heterocycles. The van der Waals surface area contributed by atoms with Crippen LogP contribution in [0.4, 0.5) is 18.9 Å². The van der Waals surface area contributed by atoms with Gasteiger partial charge in [-0.05, 0) is 18.2 Å². The van der Waals surface area contributed by atoms with E-state index < -0.39 is 15.5 Å². The van der Waals surface area contributed by atoms with E-state index in [1.54, 1.807) is 0 Å². The Morgan fingerprint density at radius 2 is 1.88 bits per heavy atom. The van der Waals surface area contributed by atoms with Crippen molar-refractivity contribution in [3.8, 4) is 0 Å². The van der Waals surface area contributed by atoms with Crippen molar-refractivity contribution in [2.24, 2.45) is 0 Å². The van der Waals surface area contributed by atoms with Crippen molar-refractivity contribution in [3.05, 3.63) is 30.5 Å². The van der Waals surface area contributed by atoms with E-state index in [9.17, 15) is 21.6 Å². The number of sulfonamides is 1. The summed E-state index contributed by atoms with van der Waals surface area (Å²) in [4.78, 5) is 0. The molecule has 0 atom stereocenters. The van der Waals surface area contributed by atoms with E-state index in [1.165, 1.54) is 35.3 Å². The lowest BCUT2D eigenvalue weighted by Gasteiger charge is -2.10. The zero-order chi connectivity index (χ0) is 12.7. The van der Waals surface area contributed by atoms with Gasteiger partial charge in [0.05, 0.1) is 12.0 Å². The number of alkyl halides is 3. The van der Waals surface area contributed by atoms with Gasteiger partial charge in [-0.25, -0.2) is 0 Å². The Labute approximate surface area is 94.1 Å². The second kappa shape index (κ2) is 3.66. The minimum absolute atomic E-state index is 0.173. The second-order valence-corrected chi connectivity index (χ2v) is 4.86. The third kappa shape index (κ3) is 2.07. The zero-order valence-corrected chi connectivity index (χ0v) is 8.97. The van der Waals surface area contributed by atoms with Gasteiger partial charge in [0, 0.05) is 5.39 Å². The summed E-state index contributed by atoms with van der Waals surface area (Å²) in [5.41, 5.74) is -5.22. The van der Waals surface area contributed by atoms with Crippen LogP contribution in [0.5, 0.6) is 0 Å². The maximum absolute atomic E-state index is 12.2. The first-order valence-electron chi connectivity index (χ1n) is 4.36. The van der Waals surface area contributed by atoms with Gasteiger partial charge in [0.15, 0.2) is 0 Å². The van der Waals surface area contributed by atoms with Gasteiger partial charge in [-0.1, -0.05) is 6.07 Å². The molecule has 17 heavy (non-hydrogen) atoms. The number of hydrogen-bond acceptors (Lipinski definition) is 3. The van der Waals surface area contributed by atoms with Crippen LogP contribution in [0, 0.1) is 0 Å². The second-order valence-electron chi connectivity index (χ2n) is 3.19. The Morgan fingerprint density at radius 3 is 2.53 bits per heavy atom. The number of rotatable bonds is 2. The molecule has 0 aliphatic heterocycles. The Bertz CT molecular complexity index is 645. The van der Waals surface area contributed by atoms with Gasteiger partial charge in [0.25, 0.3) is 0 Å². The van der Waals surface area contributed by atoms with Crippen molar-refractivity contribution in [3.63, 3.8) is 0 Å². The standard InChI is InChI=1S/C9H6F3NO3S/c10-9(11,12)17(14,15)13-7-2-1-3-8-6(7)4-5-16-8/h1-5,13H. The fraction of sp³-hybridized carbons (Fsp3) is 0.111. The molecule has 92 valence electrons. The molecule has 0 spiro atoms. The molecule has 0 unspecified atom stereocenters.